The van der Waals surface area contributed by atoms with Gasteiger partial charge in [0, 0.05) is 75.8 Å². The van der Waals surface area contributed by atoms with Crippen LogP contribution in [-0.2, 0) is 61.4 Å². The Labute approximate surface area is 530 Å². The molecule has 0 saturated carbocycles. The van der Waals surface area contributed by atoms with E-state index in [1.54, 1.807) is 75.6 Å². The van der Waals surface area contributed by atoms with Gasteiger partial charge in [0.15, 0.2) is 0 Å². The van der Waals surface area contributed by atoms with Crippen molar-refractivity contribution in [3.05, 3.63) is 124 Å². The lowest BCUT2D eigenvalue weighted by Gasteiger charge is -2.47. The summed E-state index contributed by atoms with van der Waals surface area (Å²) < 4.78 is 61.4. The predicted molar refractivity (Wildman–Crippen MR) is 336 cm³/mol. The maximum Gasteiger partial charge on any atom is 0.410 e. The molecule has 0 radical (unpaired) electrons. The number of fused-ring (bicyclic) bond motifs is 2. The number of amides is 8. The fraction of sp³-hybridized carbons (Fsp3) is 0.522. The van der Waals surface area contributed by atoms with Crippen molar-refractivity contribution in [1.82, 2.24) is 35.1 Å². The molecule has 8 atom stereocenters. The van der Waals surface area contributed by atoms with Gasteiger partial charge in [-0.05, 0) is 152 Å². The second-order valence-electron chi connectivity index (χ2n) is 26.7. The van der Waals surface area contributed by atoms with E-state index in [0.717, 1.165) is 34.2 Å². The fourth-order valence-corrected chi connectivity index (χ4v) is 11.9. The highest BCUT2D eigenvalue weighted by atomic mass is 19.1. The van der Waals surface area contributed by atoms with E-state index >= 15 is 13.6 Å². The molecule has 492 valence electrons. The molecule has 4 aliphatic heterocycles. The highest BCUT2D eigenvalue weighted by Gasteiger charge is 2.49. The zero-order valence-corrected chi connectivity index (χ0v) is 54.3. The molecule has 4 N–H and O–H groups in total. The molecule has 8 rings (SSSR count). The number of carbonyl (C=O) groups excluding carboxylic acids is 8. The van der Waals surface area contributed by atoms with Crippen LogP contribution in [0.3, 0.4) is 0 Å². The quantitative estimate of drug-likeness (QED) is 0.0743. The van der Waals surface area contributed by atoms with Crippen molar-refractivity contribution in [2.24, 2.45) is 5.92 Å². The fourth-order valence-electron chi connectivity index (χ4n) is 11.9. The molecule has 2 fully saturated rings. The Balaban J connectivity index is 1.02. The lowest BCUT2D eigenvalue weighted by molar-refractivity contribution is -0.143. The number of carbonyl (C=O) groups is 8. The minimum absolute atomic E-state index is 0.0592. The van der Waals surface area contributed by atoms with Gasteiger partial charge in [-0.25, -0.2) is 22.8 Å². The number of anilines is 3. The number of benzene rings is 4. The SMILES string of the molecule is CC[C@H](C)[C@H](NC(=O)[C@H](C)N(C)C(=O)OC(C)(C)C)C(=O)N1Cc2ccc(NC(=O)CNC(=O)[C@]3(C)CN(C(=O)CN4C[C@@H](C)N(C(=O)OC(C)(C)C)C[C@@H]4CN4CCOC[C@H]4C)c4cc(Cc5ccc(F)cc5)ccc43)cc2[C@H]1C(=O)Nc1c(F)cccc1F. The third-order valence-corrected chi connectivity index (χ3v) is 17.4. The molecule has 0 bridgehead atoms. The highest BCUT2D eigenvalue weighted by Crippen LogP contribution is 2.43. The number of rotatable bonds is 18. The zero-order valence-electron chi connectivity index (χ0n) is 54.3. The molecule has 4 heterocycles. The summed E-state index contributed by atoms with van der Waals surface area (Å²) in [6.07, 6.45) is -0.447. The summed E-state index contributed by atoms with van der Waals surface area (Å²) in [5, 5.41) is 10.6. The van der Waals surface area contributed by atoms with E-state index < -0.39 is 106 Å². The first-order valence-electron chi connectivity index (χ1n) is 31.0. The summed E-state index contributed by atoms with van der Waals surface area (Å²) in [6.45, 7) is 23.2. The van der Waals surface area contributed by atoms with E-state index in [9.17, 15) is 38.0 Å². The summed E-state index contributed by atoms with van der Waals surface area (Å²) >= 11 is 0. The molecule has 2 saturated heterocycles. The van der Waals surface area contributed by atoms with Crippen LogP contribution in [0.4, 0.5) is 39.8 Å². The average Bonchev–Trinajstić information content (AvgIpc) is 1.62. The molecule has 91 heavy (non-hydrogen) atoms. The van der Waals surface area contributed by atoms with E-state index in [4.69, 9.17) is 14.2 Å². The number of morpholine rings is 1. The van der Waals surface area contributed by atoms with Gasteiger partial charge in [0.25, 0.3) is 5.91 Å². The first kappa shape index (κ1) is 68.8. The van der Waals surface area contributed by atoms with Crippen LogP contribution in [0.5, 0.6) is 0 Å². The third-order valence-electron chi connectivity index (χ3n) is 17.4. The number of hydrogen-bond donors (Lipinski definition) is 4. The van der Waals surface area contributed by atoms with Gasteiger partial charge in [-0.1, -0.05) is 56.7 Å². The summed E-state index contributed by atoms with van der Waals surface area (Å²) in [7, 11) is 1.38. The Bertz CT molecular complexity index is 3380. The van der Waals surface area contributed by atoms with E-state index in [1.807, 2.05) is 39.8 Å². The predicted octanol–water partition coefficient (Wildman–Crippen LogP) is 7.89. The van der Waals surface area contributed by atoms with Crippen molar-refractivity contribution >= 4 is 64.7 Å². The molecule has 4 aromatic carbocycles. The normalized spacial score (nSPS) is 21.2. The number of hydrogen-bond acceptors (Lipinski definition) is 13. The zero-order chi connectivity index (χ0) is 66.6. The highest BCUT2D eigenvalue weighted by molar-refractivity contribution is 6.05. The summed E-state index contributed by atoms with van der Waals surface area (Å²) in [5.74, 6) is -7.04. The topological polar surface area (TPSA) is 232 Å². The van der Waals surface area contributed by atoms with Crippen molar-refractivity contribution in [1.29, 1.82) is 0 Å². The lowest BCUT2D eigenvalue weighted by atomic mass is 9.83. The molecular formula is C67H87F3N10O11. The first-order chi connectivity index (χ1) is 42.7. The number of piperazine rings is 1. The average molecular weight is 1270 g/mol. The van der Waals surface area contributed by atoms with E-state index in [-0.39, 0.29) is 60.7 Å². The van der Waals surface area contributed by atoms with Crippen LogP contribution >= 0.6 is 0 Å². The second-order valence-corrected chi connectivity index (χ2v) is 26.7. The number of para-hydroxylation sites is 1. The largest absolute Gasteiger partial charge is 0.444 e. The molecule has 8 amide bonds. The van der Waals surface area contributed by atoms with Crippen molar-refractivity contribution < 1.29 is 65.7 Å². The number of ether oxygens (including phenoxy) is 3. The van der Waals surface area contributed by atoms with Crippen molar-refractivity contribution in [3.8, 4) is 0 Å². The van der Waals surface area contributed by atoms with Crippen LogP contribution in [0.15, 0.2) is 78.9 Å². The van der Waals surface area contributed by atoms with Crippen LogP contribution < -0.4 is 26.2 Å². The monoisotopic (exact) mass is 1260 g/mol. The van der Waals surface area contributed by atoms with E-state index in [0.29, 0.717) is 69.0 Å². The number of halogens is 3. The summed E-state index contributed by atoms with van der Waals surface area (Å²) in [6, 6.07) is 14.8. The van der Waals surface area contributed by atoms with Crippen molar-refractivity contribution in [2.75, 3.05) is 81.6 Å². The number of nitrogens with one attached hydrogen (secondary N) is 4. The first-order valence-corrected chi connectivity index (χ1v) is 31.0. The maximum atomic E-state index is 15.2. The third kappa shape index (κ3) is 16.3. The minimum Gasteiger partial charge on any atom is -0.444 e. The molecule has 0 aliphatic carbocycles. The Morgan fingerprint density at radius 1 is 0.802 bits per heavy atom. The van der Waals surface area contributed by atoms with Gasteiger partial charge in [-0.3, -0.25) is 43.5 Å². The van der Waals surface area contributed by atoms with Crippen LogP contribution in [0.2, 0.25) is 0 Å². The van der Waals surface area contributed by atoms with Crippen molar-refractivity contribution in [2.45, 2.75) is 155 Å². The van der Waals surface area contributed by atoms with E-state index in [1.165, 1.54) is 43.1 Å². The lowest BCUT2D eigenvalue weighted by Crippen LogP contribution is -2.64. The van der Waals surface area contributed by atoms with Crippen LogP contribution in [0.1, 0.15) is 123 Å². The molecule has 0 unspecified atom stereocenters. The van der Waals surface area contributed by atoms with Gasteiger partial charge in [0.2, 0.25) is 29.5 Å². The van der Waals surface area contributed by atoms with Gasteiger partial charge in [-0.2, -0.15) is 0 Å². The maximum absolute atomic E-state index is 15.2. The van der Waals surface area contributed by atoms with Crippen molar-refractivity contribution in [3.63, 3.8) is 0 Å². The van der Waals surface area contributed by atoms with Crippen LogP contribution in [-0.4, -0.2) is 180 Å². The Hall–Kier alpha value is -8.09. The number of likely N-dealkylation sites (N-methyl/N-ethyl adjacent to an activating group) is 1. The molecule has 0 spiro atoms. The second kappa shape index (κ2) is 28.2. The van der Waals surface area contributed by atoms with Gasteiger partial charge >= 0.3 is 12.2 Å². The summed E-state index contributed by atoms with van der Waals surface area (Å²) in [4.78, 5) is 124. The molecule has 24 heteroatoms. The van der Waals surface area contributed by atoms with Gasteiger partial charge in [0.1, 0.15) is 52.5 Å². The van der Waals surface area contributed by atoms with Crippen LogP contribution in [0.25, 0.3) is 0 Å². The molecule has 0 aromatic heterocycles. The smallest absolute Gasteiger partial charge is 0.410 e. The molecular weight excluding hydrogens is 1180 g/mol. The van der Waals surface area contributed by atoms with E-state index in [2.05, 4.69) is 38.0 Å². The Morgan fingerprint density at radius 2 is 1.47 bits per heavy atom. The van der Waals surface area contributed by atoms with Gasteiger partial charge in [0.05, 0.1) is 31.7 Å². The van der Waals surface area contributed by atoms with Gasteiger partial charge in [-0.15, -0.1) is 0 Å². The Morgan fingerprint density at radius 3 is 2.12 bits per heavy atom. The molecule has 4 aromatic rings. The van der Waals surface area contributed by atoms with Crippen LogP contribution in [0, 0.1) is 23.4 Å². The number of nitrogens with zero attached hydrogens (tertiary/aromatic N) is 6. The van der Waals surface area contributed by atoms with Gasteiger partial charge < -0.3 is 50.2 Å². The summed E-state index contributed by atoms with van der Waals surface area (Å²) in [5.41, 5.74) is -0.351. The Kier molecular flexibility index (Phi) is 21.3. The minimum atomic E-state index is -1.56. The molecule has 21 nitrogen and oxygen atoms in total. The standard InChI is InChI=1S/C67H87F3N10O11/c1-14-39(2)56(73-59(83)42(5)75(13)63(87)90-65(6,7)8)61(85)79-33-45-21-24-47(30-49(45)58(79)60(84)74-57-51(69)16-15-17-52(57)70)72-54(81)31-71-62(86)67(12)38-80(53-29-44(20-25-50(53)67)28-43-18-22-46(68)23-19-43)55(82)36-77-32-40(3)78(64(88)91-66(9,10)11)35-48(77)34-76-26-27-89-37-41(76)4/h15-25,29-30,39-42,48,56,58H,14,26-28,31-38H2,1-13H3,(H,71,86)(H,72,81)(H,73,83)(H,74,84)/t39-,40+,41+,42-,48-,56-,58-,67+/m0/s1. The molecule has 4 aliphatic rings.